The molecule has 6 heteroatoms. The molecule has 5 rings (SSSR count). The second-order valence-corrected chi connectivity index (χ2v) is 10.2. The summed E-state index contributed by atoms with van der Waals surface area (Å²) in [5.74, 6) is 1.50. The van der Waals surface area contributed by atoms with Gasteiger partial charge in [-0.05, 0) is 46.9 Å². The summed E-state index contributed by atoms with van der Waals surface area (Å²) in [6.07, 6.45) is 1.69. The molecule has 1 aliphatic carbocycles. The van der Waals surface area contributed by atoms with E-state index >= 15 is 0 Å². The molecule has 0 unspecified atom stereocenters. The van der Waals surface area contributed by atoms with Crippen molar-refractivity contribution in [2.24, 2.45) is 0 Å². The number of hydrogen-bond acceptors (Lipinski definition) is 4. The largest absolute Gasteiger partial charge is 0.496 e. The molecule has 0 saturated carbocycles. The predicted molar refractivity (Wildman–Crippen MR) is 113 cm³/mol. The number of thioether (sulfide) groups is 1. The maximum Gasteiger partial charge on any atom is 0.244 e. The zero-order valence-corrected chi connectivity index (χ0v) is 17.2. The van der Waals surface area contributed by atoms with E-state index in [0.29, 0.717) is 11.4 Å². The summed E-state index contributed by atoms with van der Waals surface area (Å²) in [4.78, 5) is 0.465. The molecule has 0 amide bonds. The molecule has 3 aromatic carbocycles. The minimum absolute atomic E-state index is 0.263. The second-order valence-electron chi connectivity index (χ2n) is 7.14. The summed E-state index contributed by atoms with van der Waals surface area (Å²) in [5.41, 5.74) is 3.14. The fourth-order valence-electron chi connectivity index (χ4n) is 4.42. The summed E-state index contributed by atoms with van der Waals surface area (Å²) in [6.45, 7) is 0.509. The third kappa shape index (κ3) is 2.66. The SMILES string of the molecule is COc1ccccc1[C@H]1SCCN1S(=O)(=O)c1ccc2cccc3c2c1CC3. The van der Waals surface area contributed by atoms with Crippen molar-refractivity contribution in [2.45, 2.75) is 23.1 Å². The lowest BCUT2D eigenvalue weighted by atomic mass is 10.1. The molecule has 0 aromatic heterocycles. The average Bonchev–Trinajstić information content (AvgIpc) is 3.37. The van der Waals surface area contributed by atoms with Gasteiger partial charge in [0, 0.05) is 17.9 Å². The normalized spacial score (nSPS) is 19.4. The molecule has 0 radical (unpaired) electrons. The fourth-order valence-corrected chi connectivity index (χ4v) is 7.93. The zero-order chi connectivity index (χ0) is 19.3. The molecule has 4 nitrogen and oxygen atoms in total. The van der Waals surface area contributed by atoms with E-state index in [1.54, 1.807) is 29.2 Å². The molecule has 1 saturated heterocycles. The van der Waals surface area contributed by atoms with Crippen LogP contribution in [0.15, 0.2) is 59.5 Å². The quantitative estimate of drug-likeness (QED) is 0.639. The van der Waals surface area contributed by atoms with E-state index in [1.165, 1.54) is 5.56 Å². The second kappa shape index (κ2) is 6.79. The van der Waals surface area contributed by atoms with E-state index in [9.17, 15) is 8.42 Å². The van der Waals surface area contributed by atoms with Crippen LogP contribution in [0.25, 0.3) is 10.8 Å². The number of ether oxygens (including phenoxy) is 1. The molecule has 1 fully saturated rings. The first kappa shape index (κ1) is 18.0. The van der Waals surface area contributed by atoms with Gasteiger partial charge in [-0.25, -0.2) is 8.42 Å². The van der Waals surface area contributed by atoms with Gasteiger partial charge in [-0.2, -0.15) is 4.31 Å². The molecule has 28 heavy (non-hydrogen) atoms. The van der Waals surface area contributed by atoms with Gasteiger partial charge in [0.15, 0.2) is 0 Å². The molecular formula is C22H21NO3S2. The summed E-state index contributed by atoms with van der Waals surface area (Å²) in [7, 11) is -1.98. The molecule has 0 bridgehead atoms. The van der Waals surface area contributed by atoms with Gasteiger partial charge in [0.05, 0.1) is 17.4 Å². The number of para-hydroxylation sites is 1. The minimum atomic E-state index is -3.60. The standard InChI is InChI=1S/C22H21NO3S2/c1-26-19-8-3-2-7-17(19)22-23(13-14-27-22)28(24,25)20-12-10-16-6-4-5-15-9-11-18(20)21(15)16/h2-8,10,12,22H,9,11,13-14H2,1H3/t22-/m1/s1. The van der Waals surface area contributed by atoms with Crippen molar-refractivity contribution in [3.8, 4) is 5.75 Å². The Labute approximate surface area is 169 Å². The van der Waals surface area contributed by atoms with Crippen molar-refractivity contribution in [1.82, 2.24) is 4.31 Å². The number of benzene rings is 3. The maximum atomic E-state index is 13.7. The van der Waals surface area contributed by atoms with Crippen LogP contribution in [0.2, 0.25) is 0 Å². The van der Waals surface area contributed by atoms with Gasteiger partial charge in [0.25, 0.3) is 0 Å². The molecule has 0 N–H and O–H groups in total. The van der Waals surface area contributed by atoms with Crippen LogP contribution in [0, 0.1) is 0 Å². The lowest BCUT2D eigenvalue weighted by molar-refractivity contribution is 0.390. The Kier molecular flexibility index (Phi) is 4.38. The highest BCUT2D eigenvalue weighted by Gasteiger charge is 2.39. The van der Waals surface area contributed by atoms with Gasteiger partial charge >= 0.3 is 0 Å². The Morgan fingerprint density at radius 3 is 2.75 bits per heavy atom. The Morgan fingerprint density at radius 1 is 1.04 bits per heavy atom. The lowest BCUT2D eigenvalue weighted by Gasteiger charge is -2.25. The predicted octanol–water partition coefficient (Wildman–Crippen LogP) is 4.38. The van der Waals surface area contributed by atoms with Crippen molar-refractivity contribution >= 4 is 32.6 Å². The van der Waals surface area contributed by atoms with Crippen molar-refractivity contribution in [3.05, 3.63) is 71.3 Å². The molecule has 1 atom stereocenters. The number of nitrogens with zero attached hydrogens (tertiary/aromatic N) is 1. The van der Waals surface area contributed by atoms with Crippen LogP contribution in [0.3, 0.4) is 0 Å². The van der Waals surface area contributed by atoms with E-state index in [1.807, 2.05) is 30.3 Å². The zero-order valence-electron chi connectivity index (χ0n) is 15.6. The average molecular weight is 412 g/mol. The van der Waals surface area contributed by atoms with Crippen molar-refractivity contribution in [1.29, 1.82) is 0 Å². The molecule has 1 aliphatic heterocycles. The van der Waals surface area contributed by atoms with Crippen molar-refractivity contribution in [3.63, 3.8) is 0 Å². The van der Waals surface area contributed by atoms with Crippen LogP contribution in [0.4, 0.5) is 0 Å². The highest BCUT2D eigenvalue weighted by atomic mass is 32.2. The summed E-state index contributed by atoms with van der Waals surface area (Å²) in [5, 5.41) is 1.99. The summed E-state index contributed by atoms with van der Waals surface area (Å²) >= 11 is 1.65. The lowest BCUT2D eigenvalue weighted by Crippen LogP contribution is -2.31. The molecule has 0 spiro atoms. The number of sulfonamides is 1. The van der Waals surface area contributed by atoms with E-state index in [4.69, 9.17) is 4.74 Å². The first-order chi connectivity index (χ1) is 13.6. The van der Waals surface area contributed by atoms with E-state index in [0.717, 1.165) is 46.2 Å². The smallest absolute Gasteiger partial charge is 0.244 e. The van der Waals surface area contributed by atoms with Crippen LogP contribution >= 0.6 is 11.8 Å². The molecule has 1 heterocycles. The Hall–Kier alpha value is -2.02. The van der Waals surface area contributed by atoms with Crippen LogP contribution in [-0.2, 0) is 22.9 Å². The van der Waals surface area contributed by atoms with Gasteiger partial charge in [0.2, 0.25) is 10.0 Å². The third-order valence-electron chi connectivity index (χ3n) is 5.68. The fraction of sp³-hybridized carbons (Fsp3) is 0.273. The molecule has 2 aliphatic rings. The maximum absolute atomic E-state index is 13.7. The number of aryl methyl sites for hydroxylation is 2. The summed E-state index contributed by atoms with van der Waals surface area (Å²) in [6, 6.07) is 17.7. The van der Waals surface area contributed by atoms with Gasteiger partial charge in [-0.15, -0.1) is 11.8 Å². The number of methoxy groups -OCH3 is 1. The topological polar surface area (TPSA) is 46.6 Å². The molecule has 144 valence electrons. The Morgan fingerprint density at radius 2 is 1.89 bits per heavy atom. The highest BCUT2D eigenvalue weighted by molar-refractivity contribution is 8.01. The minimum Gasteiger partial charge on any atom is -0.496 e. The van der Waals surface area contributed by atoms with Gasteiger partial charge in [-0.3, -0.25) is 0 Å². The van der Waals surface area contributed by atoms with Gasteiger partial charge in [-0.1, -0.05) is 42.5 Å². The monoisotopic (exact) mass is 411 g/mol. The third-order valence-corrected chi connectivity index (χ3v) is 9.01. The van der Waals surface area contributed by atoms with Crippen LogP contribution in [-0.4, -0.2) is 32.1 Å². The van der Waals surface area contributed by atoms with Crippen molar-refractivity contribution < 1.29 is 13.2 Å². The van der Waals surface area contributed by atoms with Gasteiger partial charge in [0.1, 0.15) is 5.75 Å². The van der Waals surface area contributed by atoms with Crippen molar-refractivity contribution in [2.75, 3.05) is 19.4 Å². The summed E-state index contributed by atoms with van der Waals surface area (Å²) < 4.78 is 34.6. The Bertz CT molecular complexity index is 1170. The number of rotatable bonds is 4. The van der Waals surface area contributed by atoms with E-state index in [-0.39, 0.29) is 5.37 Å². The first-order valence-electron chi connectivity index (χ1n) is 9.41. The molecular weight excluding hydrogens is 390 g/mol. The molecule has 3 aromatic rings. The first-order valence-corrected chi connectivity index (χ1v) is 11.9. The Balaban J connectivity index is 1.63. The number of hydrogen-bond donors (Lipinski definition) is 0. The van der Waals surface area contributed by atoms with Crippen LogP contribution in [0.5, 0.6) is 5.75 Å². The van der Waals surface area contributed by atoms with Gasteiger partial charge < -0.3 is 4.74 Å². The highest BCUT2D eigenvalue weighted by Crippen LogP contribution is 2.46. The van der Waals surface area contributed by atoms with E-state index < -0.39 is 10.0 Å². The van der Waals surface area contributed by atoms with E-state index in [2.05, 4.69) is 18.2 Å². The van der Waals surface area contributed by atoms with Crippen LogP contribution < -0.4 is 4.74 Å². The van der Waals surface area contributed by atoms with Crippen LogP contribution in [0.1, 0.15) is 22.1 Å².